The largest absolute Gasteiger partial charge is 0.497 e. The van der Waals surface area contributed by atoms with Crippen LogP contribution in [0.15, 0.2) is 23.4 Å². The fourth-order valence-corrected chi connectivity index (χ4v) is 1.55. The zero-order valence-electron chi connectivity index (χ0n) is 7.66. The highest BCUT2D eigenvalue weighted by atomic mass is 16.6. The molecule has 0 saturated heterocycles. The van der Waals surface area contributed by atoms with Crippen LogP contribution in [0.25, 0.3) is 0 Å². The van der Waals surface area contributed by atoms with Crippen molar-refractivity contribution < 1.29 is 19.3 Å². The fourth-order valence-electron chi connectivity index (χ4n) is 1.55. The summed E-state index contributed by atoms with van der Waals surface area (Å²) < 4.78 is 15.7. The third kappa shape index (κ3) is 1.09. The van der Waals surface area contributed by atoms with Gasteiger partial charge in [0.25, 0.3) is 0 Å². The van der Waals surface area contributed by atoms with Gasteiger partial charge in [0.2, 0.25) is 0 Å². The van der Waals surface area contributed by atoms with Crippen LogP contribution in [0.3, 0.4) is 0 Å². The molecule has 0 amide bonds. The van der Waals surface area contributed by atoms with Crippen molar-refractivity contribution >= 4 is 0 Å². The first-order valence-corrected chi connectivity index (χ1v) is 4.15. The molecule has 2 rings (SSSR count). The van der Waals surface area contributed by atoms with Crippen LogP contribution in [0.4, 0.5) is 0 Å². The van der Waals surface area contributed by atoms with E-state index in [4.69, 9.17) is 14.2 Å². The Morgan fingerprint density at radius 3 is 2.77 bits per heavy atom. The molecule has 1 aliphatic carbocycles. The standard InChI is InChI=1S/C9H12O4/c1-9(10)7(11-2)5-6-8(9)13-4-3-12-6/h5,10H,3-4H2,1-2H3/t9-/m1/s1. The smallest absolute Gasteiger partial charge is 0.179 e. The first-order valence-electron chi connectivity index (χ1n) is 4.15. The Kier molecular flexibility index (Phi) is 1.73. The van der Waals surface area contributed by atoms with Crippen LogP contribution in [0.5, 0.6) is 0 Å². The van der Waals surface area contributed by atoms with Gasteiger partial charge in [-0.1, -0.05) is 0 Å². The van der Waals surface area contributed by atoms with Crippen molar-refractivity contribution in [1.29, 1.82) is 0 Å². The normalized spacial score (nSPS) is 31.8. The topological polar surface area (TPSA) is 47.9 Å². The molecule has 0 aromatic rings. The maximum absolute atomic E-state index is 9.99. The molecule has 4 heteroatoms. The minimum Gasteiger partial charge on any atom is -0.497 e. The van der Waals surface area contributed by atoms with Gasteiger partial charge in [-0.25, -0.2) is 0 Å². The van der Waals surface area contributed by atoms with Gasteiger partial charge >= 0.3 is 0 Å². The molecular weight excluding hydrogens is 172 g/mol. The van der Waals surface area contributed by atoms with Gasteiger partial charge in [0.1, 0.15) is 19.0 Å². The number of ether oxygens (including phenoxy) is 3. The summed E-state index contributed by atoms with van der Waals surface area (Å²) in [6.07, 6.45) is 1.66. The summed E-state index contributed by atoms with van der Waals surface area (Å²) in [6.45, 7) is 2.61. The highest BCUT2D eigenvalue weighted by Gasteiger charge is 2.43. The van der Waals surface area contributed by atoms with Crippen LogP contribution in [-0.2, 0) is 14.2 Å². The van der Waals surface area contributed by atoms with Gasteiger partial charge in [-0.2, -0.15) is 0 Å². The molecule has 0 bridgehead atoms. The molecule has 0 saturated carbocycles. The molecule has 13 heavy (non-hydrogen) atoms. The fraction of sp³-hybridized carbons (Fsp3) is 0.556. The van der Waals surface area contributed by atoms with E-state index in [1.165, 1.54) is 7.11 Å². The van der Waals surface area contributed by atoms with E-state index in [1.807, 2.05) is 0 Å². The molecule has 1 aliphatic heterocycles. The minimum atomic E-state index is -1.18. The Bertz CT molecular complexity index is 288. The monoisotopic (exact) mass is 184 g/mol. The van der Waals surface area contributed by atoms with E-state index >= 15 is 0 Å². The highest BCUT2D eigenvalue weighted by molar-refractivity contribution is 5.40. The number of allylic oxidation sites excluding steroid dienone is 1. The Labute approximate surface area is 76.4 Å². The van der Waals surface area contributed by atoms with Crippen LogP contribution in [0.2, 0.25) is 0 Å². The summed E-state index contributed by atoms with van der Waals surface area (Å²) in [5, 5.41) is 9.99. The molecule has 0 fully saturated rings. The number of hydrogen-bond donors (Lipinski definition) is 1. The van der Waals surface area contributed by atoms with Gasteiger partial charge in [-0.05, 0) is 6.92 Å². The zero-order valence-corrected chi connectivity index (χ0v) is 7.66. The van der Waals surface area contributed by atoms with Crippen molar-refractivity contribution in [3.63, 3.8) is 0 Å². The van der Waals surface area contributed by atoms with Crippen molar-refractivity contribution in [1.82, 2.24) is 0 Å². The first kappa shape index (κ1) is 8.44. The number of hydrogen-bond acceptors (Lipinski definition) is 4. The van der Waals surface area contributed by atoms with Gasteiger partial charge in [0, 0.05) is 6.08 Å². The predicted molar refractivity (Wildman–Crippen MR) is 44.6 cm³/mol. The highest BCUT2D eigenvalue weighted by Crippen LogP contribution is 2.38. The molecule has 72 valence electrons. The van der Waals surface area contributed by atoms with Crippen LogP contribution < -0.4 is 0 Å². The first-order chi connectivity index (χ1) is 6.16. The second-order valence-electron chi connectivity index (χ2n) is 3.18. The molecule has 0 unspecified atom stereocenters. The summed E-state index contributed by atoms with van der Waals surface area (Å²) in [6, 6.07) is 0. The molecule has 1 heterocycles. The summed E-state index contributed by atoms with van der Waals surface area (Å²) in [5.74, 6) is 1.49. The second-order valence-corrected chi connectivity index (χ2v) is 3.18. The summed E-state index contributed by atoms with van der Waals surface area (Å²) in [4.78, 5) is 0. The Hall–Kier alpha value is -1.16. The van der Waals surface area contributed by atoms with Crippen molar-refractivity contribution in [3.05, 3.63) is 23.4 Å². The van der Waals surface area contributed by atoms with Gasteiger partial charge in [0.05, 0.1) is 7.11 Å². The molecule has 1 N–H and O–H groups in total. The lowest BCUT2D eigenvalue weighted by Gasteiger charge is -2.26. The number of methoxy groups -OCH3 is 1. The molecule has 0 aromatic heterocycles. The minimum absolute atomic E-state index is 0.454. The number of aliphatic hydroxyl groups is 1. The van der Waals surface area contributed by atoms with Crippen LogP contribution in [0.1, 0.15) is 6.92 Å². The van der Waals surface area contributed by atoms with E-state index < -0.39 is 5.60 Å². The van der Waals surface area contributed by atoms with Crippen LogP contribution in [-0.4, -0.2) is 31.0 Å². The Morgan fingerprint density at radius 2 is 2.15 bits per heavy atom. The molecule has 4 nitrogen and oxygen atoms in total. The van der Waals surface area contributed by atoms with Gasteiger partial charge < -0.3 is 19.3 Å². The maximum Gasteiger partial charge on any atom is 0.179 e. The molecule has 0 aromatic carbocycles. The Morgan fingerprint density at radius 1 is 1.46 bits per heavy atom. The lowest BCUT2D eigenvalue weighted by molar-refractivity contribution is -0.0133. The van der Waals surface area contributed by atoms with E-state index in [2.05, 4.69) is 0 Å². The molecular formula is C9H12O4. The molecule has 0 radical (unpaired) electrons. The predicted octanol–water partition coefficient (Wildman–Crippen LogP) is 0.540. The average molecular weight is 184 g/mol. The summed E-state index contributed by atoms with van der Waals surface area (Å²) in [5.41, 5.74) is -1.18. The maximum atomic E-state index is 9.99. The number of rotatable bonds is 1. The lowest BCUT2D eigenvalue weighted by Crippen LogP contribution is -2.31. The third-order valence-corrected chi connectivity index (χ3v) is 2.22. The second kappa shape index (κ2) is 2.67. The molecule has 0 spiro atoms. The summed E-state index contributed by atoms with van der Waals surface area (Å²) >= 11 is 0. The van der Waals surface area contributed by atoms with Crippen LogP contribution >= 0.6 is 0 Å². The SMILES string of the molecule is COC1=CC2=C(OCCO2)[C@]1(C)O. The van der Waals surface area contributed by atoms with Gasteiger partial charge in [-0.3, -0.25) is 0 Å². The summed E-state index contributed by atoms with van der Waals surface area (Å²) in [7, 11) is 1.51. The van der Waals surface area contributed by atoms with E-state index in [1.54, 1.807) is 13.0 Å². The quantitative estimate of drug-likeness (QED) is 0.646. The van der Waals surface area contributed by atoms with Crippen molar-refractivity contribution in [3.8, 4) is 0 Å². The van der Waals surface area contributed by atoms with Crippen molar-refractivity contribution in [2.45, 2.75) is 12.5 Å². The Balaban J connectivity index is 2.36. The van der Waals surface area contributed by atoms with Crippen molar-refractivity contribution in [2.75, 3.05) is 20.3 Å². The van der Waals surface area contributed by atoms with Crippen LogP contribution in [0, 0.1) is 0 Å². The van der Waals surface area contributed by atoms with E-state index in [-0.39, 0.29) is 0 Å². The molecule has 1 atom stereocenters. The lowest BCUT2D eigenvalue weighted by atomic mass is 10.1. The third-order valence-electron chi connectivity index (χ3n) is 2.22. The van der Waals surface area contributed by atoms with Gasteiger partial charge in [-0.15, -0.1) is 0 Å². The average Bonchev–Trinajstić information content (AvgIpc) is 2.39. The zero-order chi connectivity index (χ0) is 9.47. The van der Waals surface area contributed by atoms with E-state index in [9.17, 15) is 5.11 Å². The molecule has 2 aliphatic rings. The van der Waals surface area contributed by atoms with Crippen molar-refractivity contribution in [2.24, 2.45) is 0 Å². The van der Waals surface area contributed by atoms with E-state index in [0.717, 1.165) is 0 Å². The van der Waals surface area contributed by atoms with E-state index in [0.29, 0.717) is 30.5 Å². The van der Waals surface area contributed by atoms with Gasteiger partial charge in [0.15, 0.2) is 17.1 Å².